The first-order chi connectivity index (χ1) is 8.34. The molecule has 1 aromatic rings. The lowest BCUT2D eigenvalue weighted by molar-refractivity contribution is -0.139. The first kappa shape index (κ1) is 13.5. The molecule has 18 heavy (non-hydrogen) atoms. The number of hydrogen-bond donors (Lipinski definition) is 1. The Hall–Kier alpha value is -0.900. The van der Waals surface area contributed by atoms with E-state index in [4.69, 9.17) is 9.47 Å². The van der Waals surface area contributed by atoms with E-state index >= 15 is 0 Å². The molecule has 1 atom stereocenters. The van der Waals surface area contributed by atoms with Crippen LogP contribution in [-0.2, 0) is 14.9 Å². The number of ether oxygens (including phenoxy) is 2. The van der Waals surface area contributed by atoms with Gasteiger partial charge in [0.15, 0.2) is 5.79 Å². The van der Waals surface area contributed by atoms with E-state index in [2.05, 4.69) is 6.07 Å². The zero-order valence-electron chi connectivity index (χ0n) is 11.6. The van der Waals surface area contributed by atoms with E-state index in [1.54, 1.807) is 0 Å². The van der Waals surface area contributed by atoms with Crippen LogP contribution < -0.4 is 0 Å². The molecule has 1 aromatic carbocycles. The summed E-state index contributed by atoms with van der Waals surface area (Å²) in [5.74, 6) is -0.507. The minimum Gasteiger partial charge on any atom is -0.395 e. The zero-order valence-corrected chi connectivity index (χ0v) is 11.6. The summed E-state index contributed by atoms with van der Waals surface area (Å²) in [5, 5.41) is 9.43. The topological polar surface area (TPSA) is 38.7 Å². The molecule has 3 nitrogen and oxygen atoms in total. The Labute approximate surface area is 109 Å². The molecule has 100 valence electrons. The maximum atomic E-state index is 9.43. The molecule has 3 heteroatoms. The van der Waals surface area contributed by atoms with Gasteiger partial charge in [-0.05, 0) is 25.0 Å². The van der Waals surface area contributed by atoms with E-state index in [0.29, 0.717) is 6.61 Å². The van der Waals surface area contributed by atoms with E-state index in [1.165, 1.54) is 0 Å². The molecule has 0 amide bonds. The third-order valence-corrected chi connectivity index (χ3v) is 3.44. The minimum atomic E-state index is -0.507. The maximum Gasteiger partial charge on any atom is 0.163 e. The van der Waals surface area contributed by atoms with Gasteiger partial charge in [0, 0.05) is 5.41 Å². The van der Waals surface area contributed by atoms with Crippen molar-refractivity contribution in [3.8, 4) is 0 Å². The van der Waals surface area contributed by atoms with Gasteiger partial charge in [0.1, 0.15) is 6.10 Å². The average Bonchev–Trinajstić information content (AvgIpc) is 2.70. The highest BCUT2D eigenvalue weighted by molar-refractivity contribution is 5.31. The second-order valence-electron chi connectivity index (χ2n) is 5.98. The summed E-state index contributed by atoms with van der Waals surface area (Å²) in [5.41, 5.74) is 2.00. The van der Waals surface area contributed by atoms with Gasteiger partial charge >= 0.3 is 0 Å². The molecule has 0 aliphatic carbocycles. The lowest BCUT2D eigenvalue weighted by Gasteiger charge is -2.24. The van der Waals surface area contributed by atoms with Gasteiger partial charge in [-0.2, -0.15) is 0 Å². The number of benzene rings is 1. The van der Waals surface area contributed by atoms with E-state index in [9.17, 15) is 5.11 Å². The molecule has 0 aromatic heterocycles. The normalized spacial score (nSPS) is 23.3. The Morgan fingerprint density at radius 1 is 1.39 bits per heavy atom. The molecule has 1 fully saturated rings. The molecule has 0 radical (unpaired) electrons. The highest BCUT2D eigenvalue weighted by Crippen LogP contribution is 2.34. The largest absolute Gasteiger partial charge is 0.395 e. The summed E-state index contributed by atoms with van der Waals surface area (Å²) in [6.45, 7) is 8.62. The van der Waals surface area contributed by atoms with Crippen molar-refractivity contribution in [2.75, 3.05) is 13.2 Å². The van der Waals surface area contributed by atoms with Gasteiger partial charge in [-0.25, -0.2) is 0 Å². The number of hydrogen-bond acceptors (Lipinski definition) is 3. The number of rotatable bonds is 3. The van der Waals surface area contributed by atoms with E-state index in [-0.39, 0.29) is 18.1 Å². The Balaban J connectivity index is 2.23. The summed E-state index contributed by atoms with van der Waals surface area (Å²) < 4.78 is 11.4. The van der Waals surface area contributed by atoms with Gasteiger partial charge in [-0.1, -0.05) is 38.1 Å². The Morgan fingerprint density at radius 2 is 2.11 bits per heavy atom. The Bertz CT molecular complexity index is 424. The van der Waals surface area contributed by atoms with Crippen LogP contribution in [0.4, 0.5) is 0 Å². The zero-order chi connectivity index (χ0) is 13.4. The van der Waals surface area contributed by atoms with Crippen molar-refractivity contribution in [3.63, 3.8) is 0 Å². The van der Waals surface area contributed by atoms with Crippen LogP contribution >= 0.6 is 0 Å². The molecule has 1 aliphatic heterocycles. The second kappa shape index (κ2) is 4.65. The van der Waals surface area contributed by atoms with Crippen LogP contribution in [0.5, 0.6) is 0 Å². The molecule has 1 unspecified atom stereocenters. The van der Waals surface area contributed by atoms with E-state index < -0.39 is 5.79 Å². The lowest BCUT2D eigenvalue weighted by atomic mass is 9.84. The molecular weight excluding hydrogens is 228 g/mol. The minimum absolute atomic E-state index is 0.0190. The van der Waals surface area contributed by atoms with Crippen LogP contribution in [0, 0.1) is 0 Å². The molecule has 0 saturated carbocycles. The molecule has 1 heterocycles. The van der Waals surface area contributed by atoms with Crippen molar-refractivity contribution in [2.24, 2.45) is 0 Å². The lowest BCUT2D eigenvalue weighted by Crippen LogP contribution is -2.22. The Morgan fingerprint density at radius 3 is 2.67 bits per heavy atom. The standard InChI is InChI=1S/C15H22O3/c1-14(2,10-16)12-7-5-6-11(8-12)13-9-17-15(3,4)18-13/h5-8,13,16H,9-10H2,1-4H3. The molecule has 1 saturated heterocycles. The van der Waals surface area contributed by atoms with Gasteiger partial charge < -0.3 is 14.6 Å². The summed E-state index contributed by atoms with van der Waals surface area (Å²) in [4.78, 5) is 0. The summed E-state index contributed by atoms with van der Waals surface area (Å²) >= 11 is 0. The first-order valence-corrected chi connectivity index (χ1v) is 6.37. The van der Waals surface area contributed by atoms with Crippen LogP contribution in [0.15, 0.2) is 24.3 Å². The molecule has 1 N–H and O–H groups in total. The van der Waals surface area contributed by atoms with Crippen molar-refractivity contribution >= 4 is 0 Å². The monoisotopic (exact) mass is 250 g/mol. The highest BCUT2D eigenvalue weighted by Gasteiger charge is 2.34. The van der Waals surface area contributed by atoms with Crippen LogP contribution in [-0.4, -0.2) is 24.1 Å². The fourth-order valence-electron chi connectivity index (χ4n) is 2.10. The second-order valence-corrected chi connectivity index (χ2v) is 5.98. The van der Waals surface area contributed by atoms with Gasteiger partial charge in [0.05, 0.1) is 13.2 Å². The third kappa shape index (κ3) is 2.74. The van der Waals surface area contributed by atoms with Crippen molar-refractivity contribution in [2.45, 2.75) is 45.0 Å². The van der Waals surface area contributed by atoms with Crippen molar-refractivity contribution in [3.05, 3.63) is 35.4 Å². The molecule has 2 rings (SSSR count). The molecular formula is C15H22O3. The third-order valence-electron chi connectivity index (χ3n) is 3.44. The van der Waals surface area contributed by atoms with E-state index in [1.807, 2.05) is 45.9 Å². The fraction of sp³-hybridized carbons (Fsp3) is 0.600. The van der Waals surface area contributed by atoms with Crippen LogP contribution in [0.3, 0.4) is 0 Å². The van der Waals surface area contributed by atoms with Gasteiger partial charge in [0.2, 0.25) is 0 Å². The highest BCUT2D eigenvalue weighted by atomic mass is 16.7. The van der Waals surface area contributed by atoms with Gasteiger partial charge in [0.25, 0.3) is 0 Å². The predicted molar refractivity (Wildman–Crippen MR) is 70.4 cm³/mol. The van der Waals surface area contributed by atoms with Gasteiger partial charge in [-0.15, -0.1) is 0 Å². The summed E-state index contributed by atoms with van der Waals surface area (Å²) in [6.07, 6.45) is -0.0190. The van der Waals surface area contributed by atoms with Crippen molar-refractivity contribution in [1.82, 2.24) is 0 Å². The number of aliphatic hydroxyl groups excluding tert-OH is 1. The van der Waals surface area contributed by atoms with Crippen LogP contribution in [0.2, 0.25) is 0 Å². The molecule has 1 aliphatic rings. The van der Waals surface area contributed by atoms with Crippen LogP contribution in [0.1, 0.15) is 44.9 Å². The molecule has 0 bridgehead atoms. The van der Waals surface area contributed by atoms with Crippen LogP contribution in [0.25, 0.3) is 0 Å². The first-order valence-electron chi connectivity index (χ1n) is 6.37. The SMILES string of the molecule is CC1(C)OCC(c2cccc(C(C)(C)CO)c2)O1. The van der Waals surface area contributed by atoms with Crippen molar-refractivity contribution < 1.29 is 14.6 Å². The van der Waals surface area contributed by atoms with Gasteiger partial charge in [-0.3, -0.25) is 0 Å². The van der Waals surface area contributed by atoms with E-state index in [0.717, 1.165) is 11.1 Å². The molecule has 0 spiro atoms. The Kier molecular flexibility index (Phi) is 3.49. The average molecular weight is 250 g/mol. The summed E-state index contributed by atoms with van der Waals surface area (Å²) in [7, 11) is 0. The van der Waals surface area contributed by atoms with Crippen molar-refractivity contribution in [1.29, 1.82) is 0 Å². The summed E-state index contributed by atoms with van der Waals surface area (Å²) in [6, 6.07) is 8.20. The number of aliphatic hydroxyl groups is 1. The maximum absolute atomic E-state index is 9.43. The quantitative estimate of drug-likeness (QED) is 0.896. The fourth-order valence-corrected chi connectivity index (χ4v) is 2.10. The smallest absolute Gasteiger partial charge is 0.163 e. The predicted octanol–water partition coefficient (Wildman–Crippen LogP) is 2.78.